The van der Waals surface area contributed by atoms with E-state index in [0.717, 1.165) is 6.20 Å². The van der Waals surface area contributed by atoms with E-state index in [4.69, 9.17) is 4.74 Å². The Labute approximate surface area is 183 Å². The van der Waals surface area contributed by atoms with Crippen molar-refractivity contribution in [2.24, 2.45) is 0 Å². The Morgan fingerprint density at radius 3 is 2.66 bits per heavy atom. The zero-order valence-corrected chi connectivity index (χ0v) is 17.8. The van der Waals surface area contributed by atoms with Gasteiger partial charge in [-0.15, -0.1) is 0 Å². The van der Waals surface area contributed by atoms with Gasteiger partial charge in [-0.1, -0.05) is 0 Å². The number of carbonyl (C=O) groups excluding carboxylic acids is 1. The van der Waals surface area contributed by atoms with Crippen molar-refractivity contribution in [2.45, 2.75) is 26.8 Å². The second-order valence-corrected chi connectivity index (χ2v) is 7.57. The highest BCUT2D eigenvalue weighted by atomic mass is 19.1. The normalized spacial score (nSPS) is 12.9. The maximum Gasteiger partial charge on any atom is 0.229 e. The van der Waals surface area contributed by atoms with E-state index in [1.54, 1.807) is 18.2 Å². The molecule has 0 saturated carbocycles. The standard InChI is InChI=1S/C22H22F2N6O2/c1-12(2)30-6-7-32-21-16(23)8-14(9-18(21)30)20-17(24)11-26-22(29-20)28-19-5-4-15(10-25-19)27-13(3)31/h4-5,8-12H,6-7H2,1-3H3,(H,27,31)(H,25,26,28,29). The average molecular weight is 440 g/mol. The average Bonchev–Trinajstić information content (AvgIpc) is 2.75. The minimum absolute atomic E-state index is 0.0478. The second kappa shape index (κ2) is 8.74. The summed E-state index contributed by atoms with van der Waals surface area (Å²) in [5.74, 6) is -0.825. The fourth-order valence-corrected chi connectivity index (χ4v) is 3.46. The number of ether oxygens (including phenoxy) is 1. The first-order valence-corrected chi connectivity index (χ1v) is 10.1. The Balaban J connectivity index is 1.65. The van der Waals surface area contributed by atoms with Crippen LogP contribution < -0.4 is 20.3 Å². The summed E-state index contributed by atoms with van der Waals surface area (Å²) in [5, 5.41) is 5.50. The fraction of sp³-hybridized carbons (Fsp3) is 0.273. The van der Waals surface area contributed by atoms with E-state index in [2.05, 4.69) is 25.6 Å². The lowest BCUT2D eigenvalue weighted by molar-refractivity contribution is -0.114. The lowest BCUT2D eigenvalue weighted by Gasteiger charge is -2.34. The third-order valence-electron chi connectivity index (χ3n) is 4.88. The number of hydrogen-bond acceptors (Lipinski definition) is 7. The Morgan fingerprint density at radius 1 is 1.16 bits per heavy atom. The van der Waals surface area contributed by atoms with E-state index in [1.807, 2.05) is 18.7 Å². The van der Waals surface area contributed by atoms with Crippen LogP contribution in [0, 0.1) is 11.6 Å². The Hall–Kier alpha value is -3.82. The minimum atomic E-state index is -0.684. The fourth-order valence-electron chi connectivity index (χ4n) is 3.46. The highest BCUT2D eigenvalue weighted by Crippen LogP contribution is 2.39. The van der Waals surface area contributed by atoms with E-state index < -0.39 is 11.6 Å². The van der Waals surface area contributed by atoms with Gasteiger partial charge in [-0.3, -0.25) is 4.79 Å². The van der Waals surface area contributed by atoms with Crippen molar-refractivity contribution < 1.29 is 18.3 Å². The van der Waals surface area contributed by atoms with Gasteiger partial charge >= 0.3 is 0 Å². The number of carbonyl (C=O) groups is 1. The molecule has 166 valence electrons. The molecule has 0 fully saturated rings. The molecule has 0 spiro atoms. The van der Waals surface area contributed by atoms with E-state index in [9.17, 15) is 13.6 Å². The summed E-state index contributed by atoms with van der Waals surface area (Å²) in [6.45, 7) is 6.38. The summed E-state index contributed by atoms with van der Waals surface area (Å²) >= 11 is 0. The molecule has 0 aliphatic carbocycles. The van der Waals surface area contributed by atoms with Gasteiger partial charge < -0.3 is 20.3 Å². The maximum absolute atomic E-state index is 14.8. The van der Waals surface area contributed by atoms with E-state index in [1.165, 1.54) is 19.2 Å². The third kappa shape index (κ3) is 4.43. The molecule has 10 heteroatoms. The van der Waals surface area contributed by atoms with Crippen LogP contribution in [-0.2, 0) is 4.79 Å². The zero-order chi connectivity index (χ0) is 22.8. The third-order valence-corrected chi connectivity index (χ3v) is 4.88. The summed E-state index contributed by atoms with van der Waals surface area (Å²) in [5.41, 5.74) is 1.32. The minimum Gasteiger partial charge on any atom is -0.486 e. The molecule has 3 heterocycles. The summed E-state index contributed by atoms with van der Waals surface area (Å²) in [6, 6.07) is 6.27. The SMILES string of the molecule is CC(=O)Nc1ccc(Nc2ncc(F)c(-c3cc(F)c4c(c3)N(C(C)C)CCO4)n2)nc1. The highest BCUT2D eigenvalue weighted by Gasteiger charge is 2.25. The molecule has 8 nitrogen and oxygen atoms in total. The van der Waals surface area contributed by atoms with Crippen molar-refractivity contribution in [2.75, 3.05) is 28.7 Å². The predicted molar refractivity (Wildman–Crippen MR) is 117 cm³/mol. The molecule has 2 aromatic heterocycles. The Morgan fingerprint density at radius 2 is 1.97 bits per heavy atom. The molecular formula is C22H22F2N6O2. The largest absolute Gasteiger partial charge is 0.486 e. The number of pyridine rings is 1. The molecule has 2 N–H and O–H groups in total. The number of aromatic nitrogens is 3. The van der Waals surface area contributed by atoms with Crippen molar-refractivity contribution >= 4 is 29.0 Å². The van der Waals surface area contributed by atoms with Gasteiger partial charge in [-0.05, 0) is 38.1 Å². The molecule has 3 aromatic rings. The van der Waals surface area contributed by atoms with Crippen molar-refractivity contribution in [3.05, 3.63) is 48.3 Å². The zero-order valence-electron chi connectivity index (χ0n) is 17.8. The van der Waals surface area contributed by atoms with Crippen molar-refractivity contribution in [1.29, 1.82) is 0 Å². The van der Waals surface area contributed by atoms with Crippen LogP contribution in [0.15, 0.2) is 36.7 Å². The predicted octanol–water partition coefficient (Wildman–Crippen LogP) is 4.13. The van der Waals surface area contributed by atoms with Crippen LogP contribution >= 0.6 is 0 Å². The van der Waals surface area contributed by atoms with Gasteiger partial charge in [0.05, 0.1) is 30.3 Å². The molecule has 1 aliphatic rings. The molecule has 1 aliphatic heterocycles. The monoisotopic (exact) mass is 440 g/mol. The Bertz CT molecular complexity index is 1150. The number of nitrogens with zero attached hydrogens (tertiary/aromatic N) is 4. The summed E-state index contributed by atoms with van der Waals surface area (Å²) < 4.78 is 34.9. The van der Waals surface area contributed by atoms with Gasteiger partial charge in [0.15, 0.2) is 17.4 Å². The van der Waals surface area contributed by atoms with Crippen LogP contribution in [0.5, 0.6) is 5.75 Å². The van der Waals surface area contributed by atoms with Crippen LogP contribution in [0.25, 0.3) is 11.3 Å². The number of halogens is 2. The molecule has 0 saturated heterocycles. The number of anilines is 4. The Kier molecular flexibility index (Phi) is 5.85. The lowest BCUT2D eigenvalue weighted by Crippen LogP contribution is -2.38. The molecule has 0 atom stereocenters. The first-order chi connectivity index (χ1) is 15.3. The number of hydrogen-bond donors (Lipinski definition) is 2. The molecule has 0 radical (unpaired) electrons. The van der Waals surface area contributed by atoms with Crippen LogP contribution in [0.4, 0.5) is 31.9 Å². The molecule has 1 aromatic carbocycles. The number of nitrogens with one attached hydrogen (secondary N) is 2. The van der Waals surface area contributed by atoms with Gasteiger partial charge in [-0.25, -0.2) is 23.7 Å². The first-order valence-electron chi connectivity index (χ1n) is 10.1. The van der Waals surface area contributed by atoms with Crippen LogP contribution in [0.2, 0.25) is 0 Å². The van der Waals surface area contributed by atoms with Gasteiger partial charge in [-0.2, -0.15) is 0 Å². The van der Waals surface area contributed by atoms with E-state index in [0.29, 0.717) is 30.3 Å². The van der Waals surface area contributed by atoms with Crippen LogP contribution in [0.3, 0.4) is 0 Å². The van der Waals surface area contributed by atoms with E-state index in [-0.39, 0.29) is 34.9 Å². The van der Waals surface area contributed by atoms with Crippen molar-refractivity contribution in [3.63, 3.8) is 0 Å². The van der Waals surface area contributed by atoms with Crippen molar-refractivity contribution in [3.8, 4) is 17.0 Å². The first kappa shape index (κ1) is 21.4. The van der Waals surface area contributed by atoms with E-state index >= 15 is 0 Å². The number of rotatable bonds is 5. The smallest absolute Gasteiger partial charge is 0.229 e. The molecule has 4 rings (SSSR count). The second-order valence-electron chi connectivity index (χ2n) is 7.57. The highest BCUT2D eigenvalue weighted by molar-refractivity contribution is 5.88. The summed E-state index contributed by atoms with van der Waals surface area (Å²) in [4.78, 5) is 25.5. The molecule has 0 bridgehead atoms. The lowest BCUT2D eigenvalue weighted by atomic mass is 10.1. The molecule has 1 amide bonds. The summed E-state index contributed by atoms with van der Waals surface area (Å²) in [6.07, 6.45) is 2.48. The number of benzene rings is 1. The summed E-state index contributed by atoms with van der Waals surface area (Å²) in [7, 11) is 0. The molecular weight excluding hydrogens is 418 g/mol. The molecule has 32 heavy (non-hydrogen) atoms. The topological polar surface area (TPSA) is 92.3 Å². The maximum atomic E-state index is 14.8. The van der Waals surface area contributed by atoms with Crippen LogP contribution in [0.1, 0.15) is 20.8 Å². The van der Waals surface area contributed by atoms with Crippen LogP contribution in [-0.4, -0.2) is 40.1 Å². The molecule has 0 unspecified atom stereocenters. The number of fused-ring (bicyclic) bond motifs is 1. The van der Waals surface area contributed by atoms with Gasteiger partial charge in [0, 0.05) is 18.5 Å². The van der Waals surface area contributed by atoms with Crippen molar-refractivity contribution in [1.82, 2.24) is 15.0 Å². The van der Waals surface area contributed by atoms with Gasteiger partial charge in [0.2, 0.25) is 11.9 Å². The quantitative estimate of drug-likeness (QED) is 0.616. The van der Waals surface area contributed by atoms with Gasteiger partial charge in [0.1, 0.15) is 18.1 Å². The number of amides is 1. The van der Waals surface area contributed by atoms with Gasteiger partial charge in [0.25, 0.3) is 0 Å².